The van der Waals surface area contributed by atoms with Crippen molar-refractivity contribution < 1.29 is 0 Å². The fourth-order valence-electron chi connectivity index (χ4n) is 2.38. The molecule has 0 atom stereocenters. The topological polar surface area (TPSA) is 87.2 Å². The summed E-state index contributed by atoms with van der Waals surface area (Å²) in [5.74, 6) is 2.40. The van der Waals surface area contributed by atoms with Gasteiger partial charge in [0.25, 0.3) is 0 Å². The molecule has 0 aromatic carbocycles. The second kappa shape index (κ2) is 8.00. The second-order valence-corrected chi connectivity index (χ2v) is 6.24. The van der Waals surface area contributed by atoms with Crippen molar-refractivity contribution >= 4 is 11.8 Å². The van der Waals surface area contributed by atoms with Crippen LogP contribution in [0.5, 0.6) is 0 Å². The molecule has 0 saturated carbocycles. The van der Waals surface area contributed by atoms with Crippen LogP contribution in [0.25, 0.3) is 11.4 Å². The minimum absolute atomic E-state index is 0.672. The number of hydrogen-bond donors (Lipinski definition) is 0. The molecular formula is C15H20N8S. The molecule has 0 aliphatic heterocycles. The van der Waals surface area contributed by atoms with Crippen molar-refractivity contribution in [2.24, 2.45) is 0 Å². The van der Waals surface area contributed by atoms with Crippen molar-refractivity contribution in [3.05, 3.63) is 30.4 Å². The van der Waals surface area contributed by atoms with Gasteiger partial charge in [-0.2, -0.15) is 0 Å². The van der Waals surface area contributed by atoms with Gasteiger partial charge in [0, 0.05) is 31.0 Å². The Labute approximate surface area is 144 Å². The molecule has 0 spiro atoms. The van der Waals surface area contributed by atoms with Crippen LogP contribution in [0.3, 0.4) is 0 Å². The van der Waals surface area contributed by atoms with Gasteiger partial charge < -0.3 is 4.57 Å². The number of pyridine rings is 1. The van der Waals surface area contributed by atoms with Crippen molar-refractivity contribution in [1.82, 2.24) is 40.0 Å². The Morgan fingerprint density at radius 3 is 2.54 bits per heavy atom. The largest absolute Gasteiger partial charge is 0.302 e. The maximum absolute atomic E-state index is 4.37. The zero-order chi connectivity index (χ0) is 16.8. The van der Waals surface area contributed by atoms with Gasteiger partial charge in [-0.15, -0.1) is 15.3 Å². The molecule has 0 aliphatic carbocycles. The number of tetrazole rings is 1. The van der Waals surface area contributed by atoms with E-state index in [1.165, 1.54) is 0 Å². The summed E-state index contributed by atoms with van der Waals surface area (Å²) in [6, 6.07) is 3.90. The molecule has 3 heterocycles. The Kier molecular flexibility index (Phi) is 5.52. The molecule has 8 nitrogen and oxygen atoms in total. The van der Waals surface area contributed by atoms with Crippen LogP contribution in [-0.4, -0.2) is 40.0 Å². The smallest absolute Gasteiger partial charge is 0.191 e. The number of hydrogen-bond acceptors (Lipinski definition) is 7. The van der Waals surface area contributed by atoms with Gasteiger partial charge in [0.15, 0.2) is 16.8 Å². The van der Waals surface area contributed by atoms with E-state index in [9.17, 15) is 0 Å². The molecular weight excluding hydrogens is 324 g/mol. The van der Waals surface area contributed by atoms with Crippen LogP contribution in [0.15, 0.2) is 29.7 Å². The third-order valence-electron chi connectivity index (χ3n) is 3.47. The summed E-state index contributed by atoms with van der Waals surface area (Å²) in [7, 11) is 0. The van der Waals surface area contributed by atoms with Gasteiger partial charge in [-0.1, -0.05) is 25.6 Å². The number of rotatable bonds is 8. The van der Waals surface area contributed by atoms with E-state index in [0.717, 1.165) is 48.3 Å². The highest BCUT2D eigenvalue weighted by Crippen LogP contribution is 2.25. The molecule has 0 N–H and O–H groups in total. The molecule has 3 aromatic rings. The van der Waals surface area contributed by atoms with Gasteiger partial charge >= 0.3 is 0 Å². The van der Waals surface area contributed by atoms with Crippen molar-refractivity contribution in [3.63, 3.8) is 0 Å². The standard InChI is InChI=1S/C15H20N8S/c1-3-9-22-14(12-5-7-16-8-6-12)18-19-15(22)24-11-13-17-20-21-23(13)10-4-2/h5-8H,3-4,9-11H2,1-2H3. The SMILES string of the molecule is CCCn1nnnc1CSc1nnc(-c2ccncc2)n1CCC. The lowest BCUT2D eigenvalue weighted by Crippen LogP contribution is -2.05. The zero-order valence-electron chi connectivity index (χ0n) is 13.8. The molecule has 0 bridgehead atoms. The van der Waals surface area contributed by atoms with E-state index in [1.54, 1.807) is 24.2 Å². The lowest BCUT2D eigenvalue weighted by molar-refractivity contribution is 0.564. The highest BCUT2D eigenvalue weighted by Gasteiger charge is 2.15. The van der Waals surface area contributed by atoms with Crippen LogP contribution in [0, 0.1) is 0 Å². The van der Waals surface area contributed by atoms with Crippen molar-refractivity contribution in [2.75, 3.05) is 0 Å². The van der Waals surface area contributed by atoms with E-state index in [1.807, 2.05) is 16.8 Å². The summed E-state index contributed by atoms with van der Waals surface area (Å²) < 4.78 is 3.99. The fourth-order valence-corrected chi connectivity index (χ4v) is 3.27. The monoisotopic (exact) mass is 344 g/mol. The molecule has 0 aliphatic rings. The molecule has 9 heteroatoms. The first-order valence-electron chi connectivity index (χ1n) is 8.05. The van der Waals surface area contributed by atoms with Gasteiger partial charge in [0.05, 0.1) is 5.75 Å². The predicted octanol–water partition coefficient (Wildman–Crippen LogP) is 2.44. The average molecular weight is 344 g/mol. The Morgan fingerprint density at radius 2 is 1.79 bits per heavy atom. The van der Waals surface area contributed by atoms with Crippen molar-refractivity contribution in [2.45, 2.75) is 50.7 Å². The van der Waals surface area contributed by atoms with Gasteiger partial charge in [0.2, 0.25) is 0 Å². The summed E-state index contributed by atoms with van der Waals surface area (Å²) in [5, 5.41) is 21.5. The highest BCUT2D eigenvalue weighted by atomic mass is 32.2. The molecule has 0 fully saturated rings. The number of aryl methyl sites for hydroxylation is 1. The van der Waals surface area contributed by atoms with E-state index < -0.39 is 0 Å². The summed E-state index contributed by atoms with van der Waals surface area (Å²) in [4.78, 5) is 4.06. The molecule has 0 amide bonds. The summed E-state index contributed by atoms with van der Waals surface area (Å²) in [5.41, 5.74) is 1.02. The van der Waals surface area contributed by atoms with Crippen LogP contribution in [0.1, 0.15) is 32.5 Å². The zero-order valence-corrected chi connectivity index (χ0v) is 14.6. The minimum atomic E-state index is 0.672. The predicted molar refractivity (Wildman–Crippen MR) is 91.2 cm³/mol. The molecule has 0 radical (unpaired) electrons. The Bertz CT molecular complexity index is 767. The quantitative estimate of drug-likeness (QED) is 0.580. The first kappa shape index (κ1) is 16.6. The molecule has 3 aromatic heterocycles. The maximum atomic E-state index is 4.37. The molecule has 0 saturated heterocycles. The molecule has 3 rings (SSSR count). The first-order valence-corrected chi connectivity index (χ1v) is 9.03. The van der Waals surface area contributed by atoms with Crippen molar-refractivity contribution in [3.8, 4) is 11.4 Å². The third-order valence-corrected chi connectivity index (χ3v) is 4.44. The van der Waals surface area contributed by atoms with Crippen LogP contribution in [0.2, 0.25) is 0 Å². The number of thioether (sulfide) groups is 1. The summed E-state index contributed by atoms with van der Waals surface area (Å²) in [6.45, 7) is 5.95. The first-order chi connectivity index (χ1) is 11.8. The van der Waals surface area contributed by atoms with Crippen LogP contribution < -0.4 is 0 Å². The van der Waals surface area contributed by atoms with E-state index in [0.29, 0.717) is 5.75 Å². The lowest BCUT2D eigenvalue weighted by atomic mass is 10.2. The van der Waals surface area contributed by atoms with E-state index >= 15 is 0 Å². The Balaban J connectivity index is 1.80. The van der Waals surface area contributed by atoms with E-state index in [-0.39, 0.29) is 0 Å². The normalized spacial score (nSPS) is 11.1. The fraction of sp³-hybridized carbons (Fsp3) is 0.467. The number of nitrogens with zero attached hydrogens (tertiary/aromatic N) is 8. The van der Waals surface area contributed by atoms with Crippen LogP contribution >= 0.6 is 11.8 Å². The Hall–Kier alpha value is -2.29. The minimum Gasteiger partial charge on any atom is -0.302 e. The Morgan fingerprint density at radius 1 is 1.00 bits per heavy atom. The van der Waals surface area contributed by atoms with E-state index in [2.05, 4.69) is 49.1 Å². The highest BCUT2D eigenvalue weighted by molar-refractivity contribution is 7.98. The van der Waals surface area contributed by atoms with Crippen LogP contribution in [0.4, 0.5) is 0 Å². The van der Waals surface area contributed by atoms with Gasteiger partial charge in [-0.3, -0.25) is 4.98 Å². The summed E-state index contributed by atoms with van der Waals surface area (Å²) >= 11 is 1.61. The van der Waals surface area contributed by atoms with Gasteiger partial charge in [-0.05, 0) is 35.4 Å². The van der Waals surface area contributed by atoms with Gasteiger partial charge in [0.1, 0.15) is 0 Å². The molecule has 0 unspecified atom stereocenters. The average Bonchev–Trinajstić information content (AvgIpc) is 3.21. The molecule has 24 heavy (non-hydrogen) atoms. The second-order valence-electron chi connectivity index (χ2n) is 5.30. The number of aromatic nitrogens is 8. The molecule has 126 valence electrons. The third kappa shape index (κ3) is 3.61. The van der Waals surface area contributed by atoms with E-state index in [4.69, 9.17) is 0 Å². The van der Waals surface area contributed by atoms with Gasteiger partial charge in [-0.25, -0.2) is 4.68 Å². The maximum Gasteiger partial charge on any atom is 0.191 e. The lowest BCUT2D eigenvalue weighted by Gasteiger charge is -2.08. The van der Waals surface area contributed by atoms with Crippen molar-refractivity contribution in [1.29, 1.82) is 0 Å². The van der Waals surface area contributed by atoms with Crippen LogP contribution in [-0.2, 0) is 18.8 Å². The summed E-state index contributed by atoms with van der Waals surface area (Å²) in [6.07, 6.45) is 5.55.